The molecular formula is C26H30N6OS. The van der Waals surface area contributed by atoms with Crippen LogP contribution in [0.2, 0.25) is 0 Å². The number of thioether (sulfide) groups is 1. The maximum atomic E-state index is 12.5. The van der Waals surface area contributed by atoms with Gasteiger partial charge in [0.15, 0.2) is 5.65 Å². The van der Waals surface area contributed by atoms with Gasteiger partial charge in [0, 0.05) is 49.8 Å². The normalized spacial score (nSPS) is 16.4. The Labute approximate surface area is 204 Å². The molecule has 1 amide bonds. The molecule has 7 nitrogen and oxygen atoms in total. The van der Waals surface area contributed by atoms with Crippen LogP contribution in [0, 0.1) is 6.92 Å². The summed E-state index contributed by atoms with van der Waals surface area (Å²) in [5.74, 6) is 1.03. The van der Waals surface area contributed by atoms with Gasteiger partial charge in [0.2, 0.25) is 11.1 Å². The number of amides is 1. The number of hydrogen-bond acceptors (Lipinski definition) is 6. The van der Waals surface area contributed by atoms with Gasteiger partial charge < -0.3 is 14.8 Å². The number of carbonyl (C=O) groups is 1. The predicted molar refractivity (Wildman–Crippen MR) is 137 cm³/mol. The summed E-state index contributed by atoms with van der Waals surface area (Å²) >= 11 is 1.57. The van der Waals surface area contributed by atoms with Crippen LogP contribution in [-0.4, -0.2) is 62.0 Å². The lowest BCUT2D eigenvalue weighted by atomic mass is 10.1. The Bertz CT molecular complexity index is 1320. The highest BCUT2D eigenvalue weighted by molar-refractivity contribution is 7.99. The van der Waals surface area contributed by atoms with Crippen LogP contribution in [0.3, 0.4) is 0 Å². The van der Waals surface area contributed by atoms with Crippen LogP contribution in [0.4, 0.5) is 0 Å². The number of hydrogen-bond donors (Lipinski definition) is 1. The molecule has 8 heteroatoms. The zero-order valence-corrected chi connectivity index (χ0v) is 20.5. The number of carbonyl (C=O) groups excluding carboxylic acids is 1. The van der Waals surface area contributed by atoms with Gasteiger partial charge in [0.25, 0.3) is 0 Å². The fourth-order valence-electron chi connectivity index (χ4n) is 4.61. The third-order valence-corrected chi connectivity index (χ3v) is 7.19. The summed E-state index contributed by atoms with van der Waals surface area (Å²) in [6.45, 7) is 7.42. The minimum Gasteiger partial charge on any atom is -0.340 e. The van der Waals surface area contributed by atoms with Crippen LogP contribution in [0.1, 0.15) is 30.9 Å². The molecule has 1 N–H and O–H groups in total. The van der Waals surface area contributed by atoms with Crippen molar-refractivity contribution in [1.82, 2.24) is 30.0 Å². The molecule has 1 atom stereocenters. The van der Waals surface area contributed by atoms with Crippen molar-refractivity contribution in [2.24, 2.45) is 0 Å². The Morgan fingerprint density at radius 1 is 1.18 bits per heavy atom. The Hall–Kier alpha value is -2.97. The van der Waals surface area contributed by atoms with E-state index in [1.54, 1.807) is 11.8 Å². The molecule has 1 saturated heterocycles. The first-order valence-electron chi connectivity index (χ1n) is 11.9. The lowest BCUT2D eigenvalue weighted by molar-refractivity contribution is -0.132. The molecule has 34 heavy (non-hydrogen) atoms. The Balaban J connectivity index is 1.31. The number of aryl methyl sites for hydroxylation is 1. The number of piperazine rings is 1. The lowest BCUT2D eigenvalue weighted by Gasteiger charge is -2.32. The van der Waals surface area contributed by atoms with Crippen molar-refractivity contribution in [2.75, 3.05) is 25.4 Å². The van der Waals surface area contributed by atoms with Crippen molar-refractivity contribution < 1.29 is 4.79 Å². The molecule has 0 aliphatic carbocycles. The Kier molecular flexibility index (Phi) is 6.78. The molecule has 4 aromatic rings. The van der Waals surface area contributed by atoms with Crippen molar-refractivity contribution in [1.29, 1.82) is 0 Å². The highest BCUT2D eigenvalue weighted by Gasteiger charge is 2.20. The lowest BCUT2D eigenvalue weighted by Crippen LogP contribution is -2.51. The van der Waals surface area contributed by atoms with Gasteiger partial charge in [-0.2, -0.15) is 0 Å². The molecule has 0 radical (unpaired) electrons. The van der Waals surface area contributed by atoms with Gasteiger partial charge in [-0.1, -0.05) is 59.8 Å². The summed E-state index contributed by atoms with van der Waals surface area (Å²) in [5.41, 5.74) is 5.27. The molecule has 1 fully saturated rings. The molecule has 0 saturated carbocycles. The first-order valence-corrected chi connectivity index (χ1v) is 12.9. The number of nitrogens with one attached hydrogen (secondary N) is 1. The van der Waals surface area contributed by atoms with E-state index in [4.69, 9.17) is 4.98 Å². The van der Waals surface area contributed by atoms with Gasteiger partial charge in [0.1, 0.15) is 5.52 Å². The van der Waals surface area contributed by atoms with Crippen molar-refractivity contribution in [3.63, 3.8) is 0 Å². The van der Waals surface area contributed by atoms with Crippen LogP contribution in [0.5, 0.6) is 0 Å². The maximum Gasteiger partial charge on any atom is 0.222 e. The van der Waals surface area contributed by atoms with Gasteiger partial charge in [0.05, 0.1) is 5.52 Å². The SMILES string of the molecule is Cc1cccc(Cn2c3ccccc3c3nnc(SCCCC(=O)N4CCNC(C)C4)nc32)c1. The average molecular weight is 475 g/mol. The van der Waals surface area contributed by atoms with E-state index in [-0.39, 0.29) is 5.91 Å². The molecule has 5 rings (SSSR count). The highest BCUT2D eigenvalue weighted by atomic mass is 32.2. The zero-order valence-electron chi connectivity index (χ0n) is 19.7. The summed E-state index contributed by atoms with van der Waals surface area (Å²) in [4.78, 5) is 19.4. The summed E-state index contributed by atoms with van der Waals surface area (Å²) in [5, 5.41) is 14.0. The minimum absolute atomic E-state index is 0.238. The summed E-state index contributed by atoms with van der Waals surface area (Å²) in [6, 6.07) is 17.2. The highest BCUT2D eigenvalue weighted by Crippen LogP contribution is 2.28. The summed E-state index contributed by atoms with van der Waals surface area (Å²) < 4.78 is 2.23. The largest absolute Gasteiger partial charge is 0.340 e. The number of benzene rings is 2. The minimum atomic E-state index is 0.238. The Morgan fingerprint density at radius 2 is 2.06 bits per heavy atom. The van der Waals surface area contributed by atoms with Crippen LogP contribution >= 0.6 is 11.8 Å². The van der Waals surface area contributed by atoms with Crippen LogP contribution < -0.4 is 5.32 Å². The number of para-hydroxylation sites is 1. The smallest absolute Gasteiger partial charge is 0.222 e. The molecule has 0 bridgehead atoms. The Morgan fingerprint density at radius 3 is 2.91 bits per heavy atom. The second-order valence-electron chi connectivity index (χ2n) is 9.01. The number of rotatable bonds is 7. The second-order valence-corrected chi connectivity index (χ2v) is 10.1. The van der Waals surface area contributed by atoms with Crippen molar-refractivity contribution in [2.45, 2.75) is 44.4 Å². The van der Waals surface area contributed by atoms with E-state index in [2.05, 4.69) is 70.3 Å². The number of aromatic nitrogens is 4. The first-order chi connectivity index (χ1) is 16.6. The van der Waals surface area contributed by atoms with E-state index < -0.39 is 0 Å². The van der Waals surface area contributed by atoms with Crippen LogP contribution in [0.25, 0.3) is 22.1 Å². The standard InChI is InChI=1S/C26H30N6OS/c1-18-7-5-8-20(15-18)17-32-22-10-4-3-9-21(22)24-25(32)28-26(30-29-24)34-14-6-11-23(33)31-13-12-27-19(2)16-31/h3-5,7-10,15,19,27H,6,11-14,16-17H2,1-2H3. The first kappa shape index (κ1) is 22.8. The van der Waals surface area contributed by atoms with Crippen molar-refractivity contribution >= 4 is 39.7 Å². The molecule has 3 heterocycles. The van der Waals surface area contributed by atoms with E-state index >= 15 is 0 Å². The van der Waals surface area contributed by atoms with E-state index in [0.717, 1.165) is 60.4 Å². The van der Waals surface area contributed by atoms with Gasteiger partial charge in [-0.25, -0.2) is 4.98 Å². The van der Waals surface area contributed by atoms with Gasteiger partial charge in [-0.05, 0) is 31.9 Å². The predicted octanol–water partition coefficient (Wildman–Crippen LogP) is 4.03. The van der Waals surface area contributed by atoms with E-state index in [0.29, 0.717) is 17.6 Å². The van der Waals surface area contributed by atoms with E-state index in [1.165, 1.54) is 11.1 Å². The van der Waals surface area contributed by atoms with Gasteiger partial charge >= 0.3 is 0 Å². The maximum absolute atomic E-state index is 12.5. The average Bonchev–Trinajstić information content (AvgIpc) is 3.15. The molecule has 2 aromatic carbocycles. The van der Waals surface area contributed by atoms with Crippen LogP contribution in [-0.2, 0) is 11.3 Å². The van der Waals surface area contributed by atoms with Crippen molar-refractivity contribution in [3.8, 4) is 0 Å². The quantitative estimate of drug-likeness (QED) is 0.322. The van der Waals surface area contributed by atoms with Crippen molar-refractivity contribution in [3.05, 3.63) is 59.7 Å². The monoisotopic (exact) mass is 474 g/mol. The molecule has 0 spiro atoms. The molecule has 1 unspecified atom stereocenters. The molecule has 1 aliphatic rings. The number of fused-ring (bicyclic) bond motifs is 3. The van der Waals surface area contributed by atoms with E-state index in [1.807, 2.05) is 17.0 Å². The van der Waals surface area contributed by atoms with Crippen LogP contribution in [0.15, 0.2) is 53.7 Å². The molecular weight excluding hydrogens is 444 g/mol. The fourth-order valence-corrected chi connectivity index (χ4v) is 5.33. The zero-order chi connectivity index (χ0) is 23.5. The summed E-state index contributed by atoms with van der Waals surface area (Å²) in [7, 11) is 0. The third kappa shape index (κ3) is 4.93. The van der Waals surface area contributed by atoms with Gasteiger partial charge in [-0.15, -0.1) is 10.2 Å². The molecule has 2 aromatic heterocycles. The topological polar surface area (TPSA) is 75.9 Å². The third-order valence-electron chi connectivity index (χ3n) is 6.27. The van der Waals surface area contributed by atoms with Gasteiger partial charge in [-0.3, -0.25) is 4.79 Å². The molecule has 176 valence electrons. The number of nitrogens with zero attached hydrogens (tertiary/aromatic N) is 5. The second kappa shape index (κ2) is 10.1. The molecule has 1 aliphatic heterocycles. The fraction of sp³-hybridized carbons (Fsp3) is 0.385. The van der Waals surface area contributed by atoms with E-state index in [9.17, 15) is 4.79 Å². The summed E-state index contributed by atoms with van der Waals surface area (Å²) in [6.07, 6.45) is 1.36.